The van der Waals surface area contributed by atoms with Gasteiger partial charge in [-0.3, -0.25) is 4.79 Å². The molecule has 1 aromatic carbocycles. The first-order valence-electron chi connectivity index (χ1n) is 4.95. The lowest BCUT2D eigenvalue weighted by atomic mass is 10.2. The van der Waals surface area contributed by atoms with E-state index in [1.54, 1.807) is 24.3 Å². The Balaban J connectivity index is 2.29. The number of nitrogens with one attached hydrogen (secondary N) is 1. The Labute approximate surface area is 103 Å². The van der Waals surface area contributed by atoms with Gasteiger partial charge in [-0.05, 0) is 6.07 Å². The van der Waals surface area contributed by atoms with Gasteiger partial charge < -0.3 is 15.2 Å². The number of rotatable bonds is 5. The van der Waals surface area contributed by atoms with Gasteiger partial charge in [-0.25, -0.2) is 4.79 Å². The van der Waals surface area contributed by atoms with Crippen LogP contribution in [0.1, 0.15) is 12.0 Å². The Kier molecular flexibility index (Phi) is 5.29. The average Bonchev–Trinajstić information content (AvgIpc) is 2.27. The summed E-state index contributed by atoms with van der Waals surface area (Å²) >= 11 is 5.86. The zero-order valence-electron chi connectivity index (χ0n) is 8.98. The molecule has 0 fully saturated rings. The van der Waals surface area contributed by atoms with Gasteiger partial charge in [0.05, 0.1) is 6.42 Å². The van der Waals surface area contributed by atoms with Crippen LogP contribution in [-0.2, 0) is 16.1 Å². The normalized spacial score (nSPS) is 9.71. The highest BCUT2D eigenvalue weighted by atomic mass is 35.5. The maximum absolute atomic E-state index is 11.1. The number of halogens is 1. The van der Waals surface area contributed by atoms with E-state index in [9.17, 15) is 9.59 Å². The largest absolute Gasteiger partial charge is 0.481 e. The van der Waals surface area contributed by atoms with Crippen molar-refractivity contribution < 1.29 is 19.4 Å². The second-order valence-corrected chi connectivity index (χ2v) is 3.65. The number of carboxylic acid groups (broad SMARTS) is 1. The van der Waals surface area contributed by atoms with Gasteiger partial charge in [0, 0.05) is 17.1 Å². The maximum atomic E-state index is 11.1. The summed E-state index contributed by atoms with van der Waals surface area (Å²) in [4.78, 5) is 21.3. The molecule has 0 unspecified atom stereocenters. The maximum Gasteiger partial charge on any atom is 0.407 e. The number of hydrogen-bond acceptors (Lipinski definition) is 3. The number of carbonyl (C=O) groups is 2. The van der Waals surface area contributed by atoms with Crippen LogP contribution < -0.4 is 5.32 Å². The van der Waals surface area contributed by atoms with Crippen LogP contribution in [0.4, 0.5) is 4.79 Å². The Morgan fingerprint density at radius 3 is 2.71 bits per heavy atom. The van der Waals surface area contributed by atoms with Crippen molar-refractivity contribution in [3.63, 3.8) is 0 Å². The fraction of sp³-hybridized carbons (Fsp3) is 0.273. The van der Waals surface area contributed by atoms with E-state index in [0.29, 0.717) is 10.6 Å². The lowest BCUT2D eigenvalue weighted by Crippen LogP contribution is -2.26. The van der Waals surface area contributed by atoms with E-state index in [1.807, 2.05) is 0 Å². The van der Waals surface area contributed by atoms with E-state index in [1.165, 1.54) is 0 Å². The topological polar surface area (TPSA) is 75.6 Å². The van der Waals surface area contributed by atoms with Crippen LogP contribution in [0.2, 0.25) is 5.02 Å². The first kappa shape index (κ1) is 13.3. The highest BCUT2D eigenvalue weighted by Gasteiger charge is 2.05. The number of alkyl carbamates (subject to hydrolysis) is 1. The molecule has 2 N–H and O–H groups in total. The third-order valence-corrected chi connectivity index (χ3v) is 2.29. The predicted molar refractivity (Wildman–Crippen MR) is 61.9 cm³/mol. The van der Waals surface area contributed by atoms with Crippen LogP contribution in [0.15, 0.2) is 24.3 Å². The van der Waals surface area contributed by atoms with Crippen LogP contribution in [0.3, 0.4) is 0 Å². The van der Waals surface area contributed by atoms with E-state index in [4.69, 9.17) is 21.4 Å². The predicted octanol–water partition coefficient (Wildman–Crippen LogP) is 2.04. The van der Waals surface area contributed by atoms with Crippen LogP contribution in [-0.4, -0.2) is 23.7 Å². The molecule has 0 bridgehead atoms. The first-order chi connectivity index (χ1) is 8.09. The molecule has 0 saturated carbocycles. The summed E-state index contributed by atoms with van der Waals surface area (Å²) in [6.45, 7) is 0.0925. The molecule has 1 rings (SSSR count). The summed E-state index contributed by atoms with van der Waals surface area (Å²) in [6.07, 6.45) is -0.799. The summed E-state index contributed by atoms with van der Waals surface area (Å²) in [5.74, 6) is -0.976. The molecule has 0 aliphatic heterocycles. The zero-order valence-corrected chi connectivity index (χ0v) is 9.74. The summed E-state index contributed by atoms with van der Waals surface area (Å²) in [7, 11) is 0. The molecule has 1 amide bonds. The van der Waals surface area contributed by atoms with Crippen molar-refractivity contribution in [3.8, 4) is 0 Å². The first-order valence-corrected chi connectivity index (χ1v) is 5.33. The van der Waals surface area contributed by atoms with Gasteiger partial charge in [0.2, 0.25) is 0 Å². The molecule has 0 aromatic heterocycles. The number of carboxylic acids is 1. The van der Waals surface area contributed by atoms with Crippen LogP contribution in [0.5, 0.6) is 0 Å². The van der Waals surface area contributed by atoms with E-state index < -0.39 is 12.1 Å². The van der Waals surface area contributed by atoms with E-state index in [-0.39, 0.29) is 19.6 Å². The number of hydrogen-bond donors (Lipinski definition) is 2. The van der Waals surface area contributed by atoms with E-state index in [0.717, 1.165) is 0 Å². The average molecular weight is 258 g/mol. The minimum Gasteiger partial charge on any atom is -0.481 e. The van der Waals surface area contributed by atoms with Gasteiger partial charge in [-0.2, -0.15) is 0 Å². The van der Waals surface area contributed by atoms with Gasteiger partial charge >= 0.3 is 12.1 Å². The minimum absolute atomic E-state index is 0.0384. The summed E-state index contributed by atoms with van der Waals surface area (Å²) in [6, 6.07) is 7.00. The lowest BCUT2D eigenvalue weighted by molar-refractivity contribution is -0.136. The van der Waals surface area contributed by atoms with Gasteiger partial charge in [0.15, 0.2) is 0 Å². The van der Waals surface area contributed by atoms with Crippen LogP contribution >= 0.6 is 11.6 Å². The third-order valence-electron chi connectivity index (χ3n) is 1.92. The molecule has 6 heteroatoms. The molecule has 0 aliphatic rings. The number of amides is 1. The molecule has 17 heavy (non-hydrogen) atoms. The van der Waals surface area contributed by atoms with Crippen LogP contribution in [0.25, 0.3) is 0 Å². The van der Waals surface area contributed by atoms with Crippen molar-refractivity contribution in [2.75, 3.05) is 6.54 Å². The molecular formula is C11H12ClNO4. The Bertz CT molecular complexity index is 408. The number of benzene rings is 1. The Morgan fingerprint density at radius 2 is 2.06 bits per heavy atom. The highest BCUT2D eigenvalue weighted by molar-refractivity contribution is 6.31. The van der Waals surface area contributed by atoms with Gasteiger partial charge in [0.1, 0.15) is 6.61 Å². The van der Waals surface area contributed by atoms with Gasteiger partial charge in [-0.15, -0.1) is 0 Å². The second-order valence-electron chi connectivity index (χ2n) is 3.24. The smallest absolute Gasteiger partial charge is 0.407 e. The lowest BCUT2D eigenvalue weighted by Gasteiger charge is -2.07. The van der Waals surface area contributed by atoms with Gasteiger partial charge in [-0.1, -0.05) is 29.8 Å². The molecule has 0 radical (unpaired) electrons. The molecule has 0 heterocycles. The third kappa shape index (κ3) is 5.21. The minimum atomic E-state index is -0.976. The number of aliphatic carboxylic acids is 1. The van der Waals surface area contributed by atoms with Crippen LogP contribution in [0, 0.1) is 0 Å². The van der Waals surface area contributed by atoms with E-state index >= 15 is 0 Å². The number of ether oxygens (including phenoxy) is 1. The Morgan fingerprint density at radius 1 is 1.35 bits per heavy atom. The molecule has 1 aromatic rings. The van der Waals surface area contributed by atoms with Crippen molar-refractivity contribution in [1.82, 2.24) is 5.32 Å². The van der Waals surface area contributed by atoms with Gasteiger partial charge in [0.25, 0.3) is 0 Å². The van der Waals surface area contributed by atoms with Crippen molar-refractivity contribution >= 4 is 23.7 Å². The number of carbonyl (C=O) groups excluding carboxylic acids is 1. The highest BCUT2D eigenvalue weighted by Crippen LogP contribution is 2.15. The molecule has 5 nitrogen and oxygen atoms in total. The SMILES string of the molecule is O=C(O)CCNC(=O)OCc1ccccc1Cl. The summed E-state index contributed by atoms with van der Waals surface area (Å²) in [5, 5.41) is 11.2. The van der Waals surface area contributed by atoms with Crippen molar-refractivity contribution in [3.05, 3.63) is 34.9 Å². The van der Waals surface area contributed by atoms with Crippen molar-refractivity contribution in [2.24, 2.45) is 0 Å². The molecule has 0 aliphatic carbocycles. The quantitative estimate of drug-likeness (QED) is 0.846. The monoisotopic (exact) mass is 257 g/mol. The van der Waals surface area contributed by atoms with E-state index in [2.05, 4.69) is 5.32 Å². The molecule has 0 saturated heterocycles. The fourth-order valence-corrected chi connectivity index (χ4v) is 1.27. The second kappa shape index (κ2) is 6.75. The summed E-state index contributed by atoms with van der Waals surface area (Å²) in [5.41, 5.74) is 0.697. The van der Waals surface area contributed by atoms with Crippen molar-refractivity contribution in [1.29, 1.82) is 0 Å². The Hall–Kier alpha value is -1.75. The zero-order chi connectivity index (χ0) is 12.7. The molecule has 0 spiro atoms. The molecule has 0 atom stereocenters. The molecular weight excluding hydrogens is 246 g/mol. The fourth-order valence-electron chi connectivity index (χ4n) is 1.08. The van der Waals surface area contributed by atoms with Crippen molar-refractivity contribution in [2.45, 2.75) is 13.0 Å². The summed E-state index contributed by atoms with van der Waals surface area (Å²) < 4.78 is 4.86. The molecule has 92 valence electrons. The standard InChI is InChI=1S/C11H12ClNO4/c12-9-4-2-1-3-8(9)7-17-11(16)13-6-5-10(14)15/h1-4H,5-7H2,(H,13,16)(H,14,15).